The molecule has 2 heterocycles. The van der Waals surface area contributed by atoms with Crippen LogP contribution in [0.3, 0.4) is 0 Å². The average molecular weight is 310 g/mol. The predicted octanol–water partition coefficient (Wildman–Crippen LogP) is 3.16. The zero-order valence-corrected chi connectivity index (χ0v) is 13.2. The number of benzene rings is 1. The van der Waals surface area contributed by atoms with Crippen molar-refractivity contribution < 1.29 is 4.79 Å². The van der Waals surface area contributed by atoms with Crippen molar-refractivity contribution in [3.8, 4) is 0 Å². The molecule has 1 aromatic heterocycles. The lowest BCUT2D eigenvalue weighted by Gasteiger charge is -2.22. The molecule has 2 aromatic rings. The summed E-state index contributed by atoms with van der Waals surface area (Å²) in [5.74, 6) is -0.243. The van der Waals surface area contributed by atoms with Gasteiger partial charge < -0.3 is 9.88 Å². The fourth-order valence-electron chi connectivity index (χ4n) is 2.80. The second-order valence-electron chi connectivity index (χ2n) is 5.78. The number of carbonyl (C=O) groups excluding carboxylic acids is 1. The Morgan fingerprint density at radius 1 is 1.09 bits per heavy atom. The van der Waals surface area contributed by atoms with Crippen LogP contribution in [0.4, 0.5) is 5.69 Å². The number of nitrogens with one attached hydrogen (secondary N) is 2. The molecule has 1 saturated heterocycles. The molecular weight excluding hydrogens is 288 g/mol. The summed E-state index contributed by atoms with van der Waals surface area (Å²) in [7, 11) is 0. The topological polar surface area (TPSA) is 60.5 Å². The maximum Gasteiger partial charge on any atom is 0.287 e. The zero-order chi connectivity index (χ0) is 15.9. The molecule has 1 amide bonds. The molecule has 3 rings (SSSR count). The van der Waals surface area contributed by atoms with Crippen LogP contribution in [-0.4, -0.2) is 30.2 Å². The van der Waals surface area contributed by atoms with Crippen LogP contribution >= 0.6 is 0 Å². The minimum absolute atomic E-state index is 0.243. The molecule has 0 atom stereocenters. The standard InChI is InChI=1S/C18H22N4O/c23-18(17-6-5-11-19-17)21-20-14-15-7-9-16(10-8-15)22-12-3-1-2-4-13-22/h5-11,14,19H,1-4,12-13H2,(H,21,23)/b20-14-. The third kappa shape index (κ3) is 4.22. The molecule has 23 heavy (non-hydrogen) atoms. The first-order valence-electron chi connectivity index (χ1n) is 8.15. The van der Waals surface area contributed by atoms with E-state index in [1.165, 1.54) is 31.4 Å². The Morgan fingerprint density at radius 2 is 1.83 bits per heavy atom. The van der Waals surface area contributed by atoms with Crippen molar-refractivity contribution in [1.82, 2.24) is 10.4 Å². The van der Waals surface area contributed by atoms with E-state index in [2.05, 4.69) is 32.5 Å². The van der Waals surface area contributed by atoms with E-state index >= 15 is 0 Å². The van der Waals surface area contributed by atoms with Crippen LogP contribution in [0, 0.1) is 0 Å². The van der Waals surface area contributed by atoms with Crippen LogP contribution in [0.2, 0.25) is 0 Å². The summed E-state index contributed by atoms with van der Waals surface area (Å²) in [5, 5.41) is 4.00. The summed E-state index contributed by atoms with van der Waals surface area (Å²) in [6, 6.07) is 11.8. The lowest BCUT2D eigenvalue weighted by atomic mass is 10.2. The molecule has 5 nitrogen and oxygen atoms in total. The molecule has 1 fully saturated rings. The van der Waals surface area contributed by atoms with Crippen molar-refractivity contribution in [2.75, 3.05) is 18.0 Å². The van der Waals surface area contributed by atoms with Crippen LogP contribution in [0.1, 0.15) is 41.7 Å². The van der Waals surface area contributed by atoms with Crippen molar-refractivity contribution in [1.29, 1.82) is 0 Å². The van der Waals surface area contributed by atoms with E-state index in [4.69, 9.17) is 0 Å². The van der Waals surface area contributed by atoms with Gasteiger partial charge in [-0.2, -0.15) is 5.10 Å². The van der Waals surface area contributed by atoms with Gasteiger partial charge in [0.15, 0.2) is 0 Å². The van der Waals surface area contributed by atoms with Gasteiger partial charge in [0, 0.05) is 25.0 Å². The molecule has 0 radical (unpaired) electrons. The highest BCUT2D eigenvalue weighted by Crippen LogP contribution is 2.19. The number of H-pyrrole nitrogens is 1. The molecule has 0 spiro atoms. The van der Waals surface area contributed by atoms with E-state index < -0.39 is 0 Å². The number of hydrogen-bond donors (Lipinski definition) is 2. The number of nitrogens with zero attached hydrogens (tertiary/aromatic N) is 2. The number of carbonyl (C=O) groups is 1. The smallest absolute Gasteiger partial charge is 0.287 e. The second-order valence-corrected chi connectivity index (χ2v) is 5.78. The first kappa shape index (κ1) is 15.3. The highest BCUT2D eigenvalue weighted by Gasteiger charge is 2.09. The molecule has 1 aromatic carbocycles. The predicted molar refractivity (Wildman–Crippen MR) is 93.0 cm³/mol. The minimum Gasteiger partial charge on any atom is -0.372 e. The third-order valence-corrected chi connectivity index (χ3v) is 4.09. The van der Waals surface area contributed by atoms with E-state index in [1.807, 2.05) is 12.1 Å². The second kappa shape index (κ2) is 7.63. The lowest BCUT2D eigenvalue weighted by molar-refractivity contribution is 0.0951. The fourth-order valence-corrected chi connectivity index (χ4v) is 2.80. The van der Waals surface area contributed by atoms with Crippen molar-refractivity contribution in [2.45, 2.75) is 25.7 Å². The summed E-state index contributed by atoms with van der Waals surface area (Å²) in [5.41, 5.74) is 5.24. The first-order chi connectivity index (χ1) is 11.3. The van der Waals surface area contributed by atoms with Crippen molar-refractivity contribution in [3.05, 3.63) is 53.9 Å². The van der Waals surface area contributed by atoms with Gasteiger partial charge in [-0.05, 0) is 42.7 Å². The quantitative estimate of drug-likeness (QED) is 0.673. The third-order valence-electron chi connectivity index (χ3n) is 4.09. The summed E-state index contributed by atoms with van der Waals surface area (Å²) < 4.78 is 0. The van der Waals surface area contributed by atoms with Gasteiger partial charge >= 0.3 is 0 Å². The van der Waals surface area contributed by atoms with E-state index in [9.17, 15) is 4.79 Å². The lowest BCUT2D eigenvalue weighted by Crippen LogP contribution is -2.23. The summed E-state index contributed by atoms with van der Waals surface area (Å²) >= 11 is 0. The minimum atomic E-state index is -0.243. The number of hydrazone groups is 1. The van der Waals surface area contributed by atoms with Crippen LogP contribution in [0.25, 0.3) is 0 Å². The van der Waals surface area contributed by atoms with E-state index in [-0.39, 0.29) is 5.91 Å². The molecule has 1 aliphatic heterocycles. The normalized spacial score (nSPS) is 15.6. The average Bonchev–Trinajstić information content (AvgIpc) is 2.98. The maximum atomic E-state index is 11.7. The number of aromatic nitrogens is 1. The van der Waals surface area contributed by atoms with Gasteiger partial charge in [0.2, 0.25) is 0 Å². The molecule has 0 unspecified atom stereocenters. The van der Waals surface area contributed by atoms with Gasteiger partial charge in [0.05, 0.1) is 6.21 Å². The zero-order valence-electron chi connectivity index (χ0n) is 13.2. The molecule has 2 N–H and O–H groups in total. The summed E-state index contributed by atoms with van der Waals surface area (Å²) in [6.07, 6.45) is 8.58. The largest absolute Gasteiger partial charge is 0.372 e. The van der Waals surface area contributed by atoms with Crippen LogP contribution in [-0.2, 0) is 0 Å². The Balaban J connectivity index is 1.56. The van der Waals surface area contributed by atoms with Gasteiger partial charge in [0.25, 0.3) is 5.91 Å². The van der Waals surface area contributed by atoms with Crippen LogP contribution in [0.15, 0.2) is 47.7 Å². The molecule has 1 aliphatic rings. The number of anilines is 1. The Kier molecular flexibility index (Phi) is 5.09. The van der Waals surface area contributed by atoms with Crippen molar-refractivity contribution in [2.24, 2.45) is 5.10 Å². The van der Waals surface area contributed by atoms with Crippen LogP contribution < -0.4 is 10.3 Å². The Hall–Kier alpha value is -2.56. The molecular formula is C18H22N4O. The first-order valence-corrected chi connectivity index (χ1v) is 8.15. The van der Waals surface area contributed by atoms with Crippen molar-refractivity contribution in [3.63, 3.8) is 0 Å². The van der Waals surface area contributed by atoms with Gasteiger partial charge in [-0.25, -0.2) is 5.43 Å². The molecule has 5 heteroatoms. The Bertz CT molecular complexity index is 638. The number of amides is 1. The molecule has 0 aliphatic carbocycles. The van der Waals surface area contributed by atoms with Gasteiger partial charge in [-0.3, -0.25) is 4.79 Å². The Labute approximate surface area is 136 Å². The molecule has 0 bridgehead atoms. The monoisotopic (exact) mass is 310 g/mol. The summed E-state index contributed by atoms with van der Waals surface area (Å²) in [6.45, 7) is 2.28. The number of aromatic amines is 1. The van der Waals surface area contributed by atoms with Gasteiger partial charge in [0.1, 0.15) is 5.69 Å². The fraction of sp³-hybridized carbons (Fsp3) is 0.333. The maximum absolute atomic E-state index is 11.7. The van der Waals surface area contributed by atoms with Crippen molar-refractivity contribution >= 4 is 17.8 Å². The SMILES string of the molecule is O=C(N/N=C\c1ccc(N2CCCCCC2)cc1)c1ccc[nH]1. The highest BCUT2D eigenvalue weighted by atomic mass is 16.2. The number of hydrogen-bond acceptors (Lipinski definition) is 3. The van der Waals surface area contributed by atoms with E-state index in [1.54, 1.807) is 24.5 Å². The molecule has 120 valence electrons. The van der Waals surface area contributed by atoms with Gasteiger partial charge in [-0.15, -0.1) is 0 Å². The van der Waals surface area contributed by atoms with E-state index in [0.29, 0.717) is 5.69 Å². The van der Waals surface area contributed by atoms with Crippen LogP contribution in [0.5, 0.6) is 0 Å². The van der Waals surface area contributed by atoms with E-state index in [0.717, 1.165) is 18.7 Å². The summed E-state index contributed by atoms with van der Waals surface area (Å²) in [4.78, 5) is 17.0. The Morgan fingerprint density at radius 3 is 2.48 bits per heavy atom. The highest BCUT2D eigenvalue weighted by molar-refractivity contribution is 5.93. The van der Waals surface area contributed by atoms with Gasteiger partial charge in [-0.1, -0.05) is 25.0 Å². The molecule has 0 saturated carbocycles. The number of rotatable bonds is 4.